The highest BCUT2D eigenvalue weighted by molar-refractivity contribution is 5.43. The van der Waals surface area contributed by atoms with E-state index in [0.717, 1.165) is 24.6 Å². The predicted octanol–water partition coefficient (Wildman–Crippen LogP) is 3.84. The molecule has 0 aliphatic heterocycles. The van der Waals surface area contributed by atoms with Crippen LogP contribution in [0.25, 0.3) is 0 Å². The lowest BCUT2D eigenvalue weighted by atomic mass is 10.1. The van der Waals surface area contributed by atoms with Crippen LogP contribution < -0.4 is 9.47 Å². The minimum Gasteiger partial charge on any atom is -0.496 e. The summed E-state index contributed by atoms with van der Waals surface area (Å²) in [4.78, 5) is 2.26. The van der Waals surface area contributed by atoms with E-state index in [0.29, 0.717) is 19.8 Å². The van der Waals surface area contributed by atoms with Crippen LogP contribution in [-0.4, -0.2) is 45.4 Å². The summed E-state index contributed by atoms with van der Waals surface area (Å²) < 4.78 is 16.7. The highest BCUT2D eigenvalue weighted by Gasteiger charge is 2.07. The Morgan fingerprint density at radius 2 is 1.60 bits per heavy atom. The zero-order chi connectivity index (χ0) is 18.1. The molecule has 0 saturated heterocycles. The van der Waals surface area contributed by atoms with Crippen molar-refractivity contribution >= 4 is 0 Å². The lowest BCUT2D eigenvalue weighted by Crippen LogP contribution is -2.23. The van der Waals surface area contributed by atoms with E-state index >= 15 is 0 Å². The highest BCUT2D eigenvalue weighted by Crippen LogP contribution is 2.24. The second kappa shape index (κ2) is 10.1. The van der Waals surface area contributed by atoms with E-state index in [1.165, 1.54) is 16.7 Å². The smallest absolute Gasteiger partial charge is 0.124 e. The summed E-state index contributed by atoms with van der Waals surface area (Å²) in [6.45, 7) is 7.83. The second-order valence-corrected chi connectivity index (χ2v) is 6.27. The molecule has 0 atom stereocenters. The molecule has 0 aliphatic rings. The molecule has 25 heavy (non-hydrogen) atoms. The van der Waals surface area contributed by atoms with Crippen LogP contribution in [0.3, 0.4) is 0 Å². The molecular weight excluding hydrogens is 314 g/mol. The average molecular weight is 343 g/mol. The SMILES string of the molecule is COc1c(C)cc(CN(C)CCOCCOc2ccccc2)cc1C. The van der Waals surface area contributed by atoms with Crippen LogP contribution in [0.15, 0.2) is 42.5 Å². The molecule has 4 heteroatoms. The summed E-state index contributed by atoms with van der Waals surface area (Å²) >= 11 is 0. The van der Waals surface area contributed by atoms with Gasteiger partial charge in [-0.1, -0.05) is 30.3 Å². The molecule has 4 nitrogen and oxygen atoms in total. The third-order valence-electron chi connectivity index (χ3n) is 4.03. The van der Waals surface area contributed by atoms with Crippen LogP contribution in [0.2, 0.25) is 0 Å². The molecule has 0 aliphatic carbocycles. The first-order valence-corrected chi connectivity index (χ1v) is 8.68. The largest absolute Gasteiger partial charge is 0.496 e. The fourth-order valence-corrected chi connectivity index (χ4v) is 2.90. The third kappa shape index (κ3) is 6.40. The van der Waals surface area contributed by atoms with Crippen molar-refractivity contribution in [3.8, 4) is 11.5 Å². The Bertz CT molecular complexity index is 620. The van der Waals surface area contributed by atoms with E-state index in [9.17, 15) is 0 Å². The Labute approximate surface area is 151 Å². The minimum absolute atomic E-state index is 0.574. The number of rotatable bonds is 10. The van der Waals surface area contributed by atoms with Crippen LogP contribution in [0.4, 0.5) is 0 Å². The minimum atomic E-state index is 0.574. The molecule has 2 aromatic carbocycles. The molecule has 136 valence electrons. The first kappa shape index (κ1) is 19.3. The van der Waals surface area contributed by atoms with Gasteiger partial charge in [-0.15, -0.1) is 0 Å². The fourth-order valence-electron chi connectivity index (χ4n) is 2.90. The van der Waals surface area contributed by atoms with Gasteiger partial charge < -0.3 is 14.2 Å². The summed E-state index contributed by atoms with van der Waals surface area (Å²) in [7, 11) is 3.83. The molecule has 0 fully saturated rings. The summed E-state index contributed by atoms with van der Waals surface area (Å²) in [6, 6.07) is 14.2. The van der Waals surface area contributed by atoms with Crippen molar-refractivity contribution in [2.75, 3.05) is 40.5 Å². The fraction of sp³-hybridized carbons (Fsp3) is 0.429. The van der Waals surface area contributed by atoms with E-state index in [2.05, 4.69) is 37.9 Å². The number of benzene rings is 2. The molecule has 0 saturated carbocycles. The van der Waals surface area contributed by atoms with Crippen LogP contribution in [0, 0.1) is 13.8 Å². The van der Waals surface area contributed by atoms with Crippen molar-refractivity contribution in [1.29, 1.82) is 0 Å². The first-order chi connectivity index (χ1) is 12.1. The van der Waals surface area contributed by atoms with Crippen molar-refractivity contribution < 1.29 is 14.2 Å². The van der Waals surface area contributed by atoms with Gasteiger partial charge in [-0.05, 0) is 49.7 Å². The summed E-state index contributed by atoms with van der Waals surface area (Å²) in [6.07, 6.45) is 0. The van der Waals surface area contributed by atoms with E-state index in [1.54, 1.807) is 7.11 Å². The Morgan fingerprint density at radius 1 is 0.920 bits per heavy atom. The molecule has 0 N–H and O–H groups in total. The Kier molecular flexibility index (Phi) is 7.76. The van der Waals surface area contributed by atoms with Crippen molar-refractivity contribution in [3.63, 3.8) is 0 Å². The standard InChI is InChI=1S/C21H29NO3/c1-17-14-19(15-18(2)21(17)23-4)16-22(3)10-11-24-12-13-25-20-8-6-5-7-9-20/h5-9,14-15H,10-13,16H2,1-4H3. The third-order valence-corrected chi connectivity index (χ3v) is 4.03. The first-order valence-electron chi connectivity index (χ1n) is 8.68. The van der Waals surface area contributed by atoms with Gasteiger partial charge in [0.15, 0.2) is 0 Å². The molecule has 0 spiro atoms. The van der Waals surface area contributed by atoms with Crippen LogP contribution >= 0.6 is 0 Å². The molecule has 0 unspecified atom stereocenters. The van der Waals surface area contributed by atoms with Crippen LogP contribution in [-0.2, 0) is 11.3 Å². The van der Waals surface area contributed by atoms with Crippen molar-refractivity contribution in [2.45, 2.75) is 20.4 Å². The Hall–Kier alpha value is -2.04. The van der Waals surface area contributed by atoms with Gasteiger partial charge in [0.2, 0.25) is 0 Å². The van der Waals surface area contributed by atoms with Gasteiger partial charge >= 0.3 is 0 Å². The maximum atomic E-state index is 5.66. The molecular formula is C21H29NO3. The van der Waals surface area contributed by atoms with E-state index < -0.39 is 0 Å². The van der Waals surface area contributed by atoms with Gasteiger partial charge in [0.25, 0.3) is 0 Å². The molecule has 2 aromatic rings. The predicted molar refractivity (Wildman–Crippen MR) is 102 cm³/mol. The number of hydrogen-bond donors (Lipinski definition) is 0. The molecule has 0 aromatic heterocycles. The Morgan fingerprint density at radius 3 is 2.24 bits per heavy atom. The normalized spacial score (nSPS) is 10.9. The van der Waals surface area contributed by atoms with Crippen molar-refractivity contribution in [2.24, 2.45) is 0 Å². The van der Waals surface area contributed by atoms with Gasteiger partial charge in [-0.2, -0.15) is 0 Å². The number of ether oxygens (including phenoxy) is 3. The molecule has 0 bridgehead atoms. The van der Waals surface area contributed by atoms with E-state index in [1.807, 2.05) is 30.3 Å². The maximum Gasteiger partial charge on any atom is 0.124 e. The zero-order valence-corrected chi connectivity index (χ0v) is 15.7. The van der Waals surface area contributed by atoms with E-state index in [-0.39, 0.29) is 0 Å². The van der Waals surface area contributed by atoms with Crippen molar-refractivity contribution in [3.05, 3.63) is 59.2 Å². The zero-order valence-electron chi connectivity index (χ0n) is 15.7. The molecule has 0 radical (unpaired) electrons. The molecule has 0 amide bonds. The maximum absolute atomic E-state index is 5.66. The molecule has 2 rings (SSSR count). The van der Waals surface area contributed by atoms with Gasteiger partial charge in [0.05, 0.1) is 20.3 Å². The number of hydrogen-bond acceptors (Lipinski definition) is 4. The average Bonchev–Trinajstić information content (AvgIpc) is 2.58. The summed E-state index contributed by atoms with van der Waals surface area (Å²) in [5.41, 5.74) is 3.66. The topological polar surface area (TPSA) is 30.9 Å². The number of likely N-dealkylation sites (N-methyl/N-ethyl adjacent to an activating group) is 1. The second-order valence-electron chi connectivity index (χ2n) is 6.27. The van der Waals surface area contributed by atoms with Gasteiger partial charge in [-0.3, -0.25) is 4.90 Å². The quantitative estimate of drug-likeness (QED) is 0.613. The number of methoxy groups -OCH3 is 1. The van der Waals surface area contributed by atoms with Crippen molar-refractivity contribution in [1.82, 2.24) is 4.90 Å². The highest BCUT2D eigenvalue weighted by atomic mass is 16.5. The lowest BCUT2D eigenvalue weighted by molar-refractivity contribution is 0.0836. The number of aryl methyl sites for hydroxylation is 2. The summed E-state index contributed by atoms with van der Waals surface area (Å²) in [5, 5.41) is 0. The number of para-hydroxylation sites is 1. The van der Waals surface area contributed by atoms with Gasteiger partial charge in [0, 0.05) is 13.1 Å². The lowest BCUT2D eigenvalue weighted by Gasteiger charge is -2.18. The Balaban J connectivity index is 1.65. The number of nitrogens with zero attached hydrogens (tertiary/aromatic N) is 1. The van der Waals surface area contributed by atoms with Crippen LogP contribution in [0.1, 0.15) is 16.7 Å². The van der Waals surface area contributed by atoms with E-state index in [4.69, 9.17) is 14.2 Å². The molecule has 0 heterocycles. The van der Waals surface area contributed by atoms with Gasteiger partial charge in [-0.25, -0.2) is 0 Å². The monoisotopic (exact) mass is 343 g/mol. The summed E-state index contributed by atoms with van der Waals surface area (Å²) in [5.74, 6) is 1.86. The van der Waals surface area contributed by atoms with Gasteiger partial charge in [0.1, 0.15) is 18.1 Å². The van der Waals surface area contributed by atoms with Crippen LogP contribution in [0.5, 0.6) is 11.5 Å².